The molecule has 0 aromatic heterocycles. The molecule has 0 bridgehead atoms. The molecule has 0 spiro atoms. The fourth-order valence-electron chi connectivity index (χ4n) is 3.01. The number of carbonyl (C=O) groups is 1. The van der Waals surface area contributed by atoms with Crippen molar-refractivity contribution in [2.75, 3.05) is 6.54 Å². The van der Waals surface area contributed by atoms with E-state index in [1.165, 1.54) is 6.07 Å². The standard InChI is InChI=1S/C20H21F3N2O2/c1-13-9-14(11-25-17-7-8-24-19(17)26)5-6-18(13)27-12-15-3-2-4-16(10-15)20(21,22)23/h2-6,9-10,17,25H,7-8,11-12H2,1H3,(H,24,26). The van der Waals surface area contributed by atoms with Gasteiger partial charge in [0.1, 0.15) is 12.4 Å². The number of alkyl halides is 3. The summed E-state index contributed by atoms with van der Waals surface area (Å²) >= 11 is 0. The highest BCUT2D eigenvalue weighted by Crippen LogP contribution is 2.30. The molecule has 1 unspecified atom stereocenters. The van der Waals surface area contributed by atoms with E-state index in [9.17, 15) is 18.0 Å². The van der Waals surface area contributed by atoms with Crippen LogP contribution in [-0.4, -0.2) is 18.5 Å². The predicted molar refractivity (Wildman–Crippen MR) is 95.2 cm³/mol. The summed E-state index contributed by atoms with van der Waals surface area (Å²) in [5, 5.41) is 5.99. The molecule has 1 aliphatic heterocycles. The van der Waals surface area contributed by atoms with E-state index in [2.05, 4.69) is 10.6 Å². The molecule has 1 saturated heterocycles. The zero-order valence-corrected chi connectivity index (χ0v) is 14.9. The summed E-state index contributed by atoms with van der Waals surface area (Å²) in [7, 11) is 0. The maximum Gasteiger partial charge on any atom is 0.416 e. The first-order chi connectivity index (χ1) is 12.8. The molecule has 144 valence electrons. The second kappa shape index (κ2) is 8.00. The molecule has 2 aromatic carbocycles. The number of hydrogen-bond donors (Lipinski definition) is 2. The van der Waals surface area contributed by atoms with Crippen molar-refractivity contribution in [1.82, 2.24) is 10.6 Å². The lowest BCUT2D eigenvalue weighted by atomic mass is 10.1. The Morgan fingerprint density at radius 3 is 2.67 bits per heavy atom. The van der Waals surface area contributed by atoms with Gasteiger partial charge >= 0.3 is 6.18 Å². The van der Waals surface area contributed by atoms with Crippen molar-refractivity contribution in [3.63, 3.8) is 0 Å². The molecular weight excluding hydrogens is 357 g/mol. The fourth-order valence-corrected chi connectivity index (χ4v) is 3.01. The molecule has 4 nitrogen and oxygen atoms in total. The molecule has 2 N–H and O–H groups in total. The van der Waals surface area contributed by atoms with Crippen LogP contribution in [0.2, 0.25) is 0 Å². The van der Waals surface area contributed by atoms with E-state index < -0.39 is 11.7 Å². The van der Waals surface area contributed by atoms with Crippen LogP contribution in [0.3, 0.4) is 0 Å². The van der Waals surface area contributed by atoms with Gasteiger partial charge in [-0.25, -0.2) is 0 Å². The molecule has 0 saturated carbocycles. The zero-order chi connectivity index (χ0) is 19.4. The van der Waals surface area contributed by atoms with Crippen LogP contribution in [0.15, 0.2) is 42.5 Å². The van der Waals surface area contributed by atoms with Gasteiger partial charge in [0.05, 0.1) is 11.6 Å². The van der Waals surface area contributed by atoms with Crippen LogP contribution in [0.4, 0.5) is 13.2 Å². The maximum atomic E-state index is 12.8. The van der Waals surface area contributed by atoms with E-state index in [0.717, 1.165) is 29.7 Å². The normalized spacial score (nSPS) is 17.0. The summed E-state index contributed by atoms with van der Waals surface area (Å²) in [5.74, 6) is 0.641. The molecule has 0 radical (unpaired) electrons. The molecule has 1 atom stereocenters. The molecule has 1 heterocycles. The van der Waals surface area contributed by atoms with Crippen LogP contribution >= 0.6 is 0 Å². The molecule has 1 aliphatic rings. The SMILES string of the molecule is Cc1cc(CNC2CCNC2=O)ccc1OCc1cccc(C(F)(F)F)c1. The van der Waals surface area contributed by atoms with Crippen LogP contribution in [0, 0.1) is 6.92 Å². The first-order valence-electron chi connectivity index (χ1n) is 8.72. The summed E-state index contributed by atoms with van der Waals surface area (Å²) in [6, 6.07) is 10.6. The monoisotopic (exact) mass is 378 g/mol. The van der Waals surface area contributed by atoms with Gasteiger partial charge in [0.25, 0.3) is 0 Å². The first-order valence-corrected chi connectivity index (χ1v) is 8.72. The van der Waals surface area contributed by atoms with Crippen molar-refractivity contribution in [2.24, 2.45) is 0 Å². The minimum absolute atomic E-state index is 0.0211. The summed E-state index contributed by atoms with van der Waals surface area (Å²) in [6.07, 6.45) is -3.59. The van der Waals surface area contributed by atoms with Gasteiger partial charge < -0.3 is 15.4 Å². The summed E-state index contributed by atoms with van der Waals surface area (Å²) in [6.45, 7) is 3.20. The van der Waals surface area contributed by atoms with Gasteiger partial charge in [-0.05, 0) is 48.2 Å². The average molecular weight is 378 g/mol. The van der Waals surface area contributed by atoms with Gasteiger partial charge in [-0.15, -0.1) is 0 Å². The number of aryl methyl sites for hydroxylation is 1. The highest BCUT2D eigenvalue weighted by Gasteiger charge is 2.30. The predicted octanol–water partition coefficient (Wildman–Crippen LogP) is 3.57. The lowest BCUT2D eigenvalue weighted by molar-refractivity contribution is -0.137. The van der Waals surface area contributed by atoms with Crippen molar-refractivity contribution < 1.29 is 22.7 Å². The number of ether oxygens (including phenoxy) is 1. The van der Waals surface area contributed by atoms with Crippen molar-refractivity contribution in [2.45, 2.75) is 38.7 Å². The second-order valence-corrected chi connectivity index (χ2v) is 6.60. The van der Waals surface area contributed by atoms with Crippen molar-refractivity contribution in [3.05, 3.63) is 64.7 Å². The van der Waals surface area contributed by atoms with Gasteiger partial charge in [-0.1, -0.05) is 24.3 Å². The Kier molecular flexibility index (Phi) is 5.70. The van der Waals surface area contributed by atoms with Gasteiger partial charge in [-0.3, -0.25) is 4.79 Å². The van der Waals surface area contributed by atoms with Crippen molar-refractivity contribution in [3.8, 4) is 5.75 Å². The van der Waals surface area contributed by atoms with E-state index in [1.807, 2.05) is 19.1 Å². The Morgan fingerprint density at radius 1 is 1.19 bits per heavy atom. The molecule has 0 aliphatic carbocycles. The van der Waals surface area contributed by atoms with Crippen molar-refractivity contribution >= 4 is 5.91 Å². The minimum atomic E-state index is -4.36. The Hall–Kier alpha value is -2.54. The molecule has 27 heavy (non-hydrogen) atoms. The molecule has 3 rings (SSSR count). The topological polar surface area (TPSA) is 50.4 Å². The first kappa shape index (κ1) is 19.2. The van der Waals surface area contributed by atoms with E-state index in [0.29, 0.717) is 24.4 Å². The van der Waals surface area contributed by atoms with Crippen LogP contribution in [0.25, 0.3) is 0 Å². The molecule has 1 fully saturated rings. The number of halogens is 3. The number of benzene rings is 2. The molecule has 1 amide bonds. The number of carbonyl (C=O) groups excluding carboxylic acids is 1. The summed E-state index contributed by atoms with van der Waals surface area (Å²) < 4.78 is 44.0. The number of rotatable bonds is 6. The lowest BCUT2D eigenvalue weighted by Gasteiger charge is -2.14. The highest BCUT2D eigenvalue weighted by molar-refractivity contribution is 5.83. The zero-order valence-electron chi connectivity index (χ0n) is 14.9. The number of nitrogens with one attached hydrogen (secondary N) is 2. The van der Waals surface area contributed by atoms with E-state index in [4.69, 9.17) is 4.74 Å². The maximum absolute atomic E-state index is 12.8. The average Bonchev–Trinajstić information content (AvgIpc) is 3.03. The third-order valence-electron chi connectivity index (χ3n) is 4.49. The Morgan fingerprint density at radius 2 is 2.00 bits per heavy atom. The third kappa shape index (κ3) is 5.01. The largest absolute Gasteiger partial charge is 0.489 e. The number of amides is 1. The van der Waals surface area contributed by atoms with E-state index >= 15 is 0 Å². The van der Waals surface area contributed by atoms with Crippen LogP contribution in [0.1, 0.15) is 28.7 Å². The van der Waals surface area contributed by atoms with Crippen LogP contribution < -0.4 is 15.4 Å². The smallest absolute Gasteiger partial charge is 0.416 e. The minimum Gasteiger partial charge on any atom is -0.489 e. The molecule has 2 aromatic rings. The summed E-state index contributed by atoms with van der Waals surface area (Å²) in [4.78, 5) is 11.6. The molecule has 7 heteroatoms. The Labute approximate surface area is 155 Å². The third-order valence-corrected chi connectivity index (χ3v) is 4.49. The summed E-state index contributed by atoms with van der Waals surface area (Å²) in [5.41, 5.74) is 1.68. The van der Waals surface area contributed by atoms with Gasteiger partial charge in [0.2, 0.25) is 5.91 Å². The van der Waals surface area contributed by atoms with E-state index in [1.54, 1.807) is 12.1 Å². The highest BCUT2D eigenvalue weighted by atomic mass is 19.4. The fraction of sp³-hybridized carbons (Fsp3) is 0.350. The van der Waals surface area contributed by atoms with E-state index in [-0.39, 0.29) is 18.6 Å². The van der Waals surface area contributed by atoms with Gasteiger partial charge in [0, 0.05) is 13.1 Å². The Bertz CT molecular complexity index is 821. The molecular formula is C20H21F3N2O2. The van der Waals surface area contributed by atoms with Gasteiger partial charge in [-0.2, -0.15) is 13.2 Å². The van der Waals surface area contributed by atoms with Crippen LogP contribution in [0.5, 0.6) is 5.75 Å². The van der Waals surface area contributed by atoms with Crippen molar-refractivity contribution in [1.29, 1.82) is 0 Å². The lowest BCUT2D eigenvalue weighted by Crippen LogP contribution is -2.35. The van der Waals surface area contributed by atoms with Gasteiger partial charge in [0.15, 0.2) is 0 Å². The second-order valence-electron chi connectivity index (χ2n) is 6.60. The number of hydrogen-bond acceptors (Lipinski definition) is 3. The Balaban J connectivity index is 1.59. The quantitative estimate of drug-likeness (QED) is 0.808. The van der Waals surface area contributed by atoms with Crippen LogP contribution in [-0.2, 0) is 24.1 Å².